The highest BCUT2D eigenvalue weighted by atomic mass is 35.5. The zero-order chi connectivity index (χ0) is 15.6. The molecule has 3 rings (SSSR count). The molecule has 0 radical (unpaired) electrons. The molecule has 0 bridgehead atoms. The van der Waals surface area contributed by atoms with Gasteiger partial charge >= 0.3 is 0 Å². The van der Waals surface area contributed by atoms with Gasteiger partial charge in [0.15, 0.2) is 0 Å². The summed E-state index contributed by atoms with van der Waals surface area (Å²) in [5, 5.41) is 0.525. The van der Waals surface area contributed by atoms with Crippen molar-refractivity contribution in [1.29, 1.82) is 0 Å². The summed E-state index contributed by atoms with van der Waals surface area (Å²) in [6, 6.07) is 13.4. The Balaban J connectivity index is 1.86. The normalized spacial score (nSPS) is 15.8. The molecule has 1 saturated heterocycles. The standard InChI is InChI=1S/C16H16ClNO2S2/c17-13-1-5-15(6-2-13)22(19,20)16-7-3-14(4-8-16)18-9-11-21-12-10-18/h1-8H,9-12H2. The van der Waals surface area contributed by atoms with Crippen LogP contribution in [0.4, 0.5) is 5.69 Å². The summed E-state index contributed by atoms with van der Waals surface area (Å²) >= 11 is 7.76. The van der Waals surface area contributed by atoms with Crippen LogP contribution in [0.25, 0.3) is 0 Å². The number of hydrogen-bond donors (Lipinski definition) is 0. The van der Waals surface area contributed by atoms with E-state index in [4.69, 9.17) is 11.6 Å². The van der Waals surface area contributed by atoms with Gasteiger partial charge in [-0.2, -0.15) is 11.8 Å². The van der Waals surface area contributed by atoms with Crippen molar-refractivity contribution >= 4 is 38.9 Å². The van der Waals surface area contributed by atoms with Crippen LogP contribution in [-0.2, 0) is 9.84 Å². The second-order valence-corrected chi connectivity index (χ2v) is 8.66. The maximum Gasteiger partial charge on any atom is 0.206 e. The molecule has 1 heterocycles. The molecule has 0 N–H and O–H groups in total. The SMILES string of the molecule is O=S(=O)(c1ccc(Cl)cc1)c1ccc(N2CCSCC2)cc1. The monoisotopic (exact) mass is 353 g/mol. The van der Waals surface area contributed by atoms with Gasteiger partial charge in [0.25, 0.3) is 0 Å². The van der Waals surface area contributed by atoms with E-state index in [1.165, 1.54) is 12.1 Å². The first-order valence-corrected chi connectivity index (χ1v) is 10.0. The van der Waals surface area contributed by atoms with Gasteiger partial charge in [0.2, 0.25) is 9.84 Å². The number of benzene rings is 2. The molecule has 6 heteroatoms. The maximum atomic E-state index is 12.6. The molecule has 1 fully saturated rings. The van der Waals surface area contributed by atoms with Crippen LogP contribution in [-0.4, -0.2) is 33.0 Å². The highest BCUT2D eigenvalue weighted by Gasteiger charge is 2.18. The van der Waals surface area contributed by atoms with E-state index in [0.29, 0.717) is 9.92 Å². The molecule has 2 aromatic carbocycles. The van der Waals surface area contributed by atoms with Crippen molar-refractivity contribution in [2.45, 2.75) is 9.79 Å². The summed E-state index contributed by atoms with van der Waals surface area (Å²) < 4.78 is 25.1. The minimum Gasteiger partial charge on any atom is -0.370 e. The minimum atomic E-state index is -3.48. The van der Waals surface area contributed by atoms with Gasteiger partial charge in [-0.25, -0.2) is 8.42 Å². The van der Waals surface area contributed by atoms with E-state index >= 15 is 0 Å². The summed E-state index contributed by atoms with van der Waals surface area (Å²) in [4.78, 5) is 2.86. The zero-order valence-electron chi connectivity index (χ0n) is 11.9. The lowest BCUT2D eigenvalue weighted by molar-refractivity contribution is 0.596. The lowest BCUT2D eigenvalue weighted by atomic mass is 10.3. The van der Waals surface area contributed by atoms with Crippen LogP contribution in [0.15, 0.2) is 58.3 Å². The molecule has 0 aromatic heterocycles. The van der Waals surface area contributed by atoms with Crippen molar-refractivity contribution < 1.29 is 8.42 Å². The van der Waals surface area contributed by atoms with Gasteiger partial charge in [-0.3, -0.25) is 0 Å². The zero-order valence-corrected chi connectivity index (χ0v) is 14.3. The second-order valence-electron chi connectivity index (χ2n) is 5.05. The van der Waals surface area contributed by atoms with Gasteiger partial charge in [0.05, 0.1) is 9.79 Å². The molecule has 0 unspecified atom stereocenters. The predicted octanol–water partition coefficient (Wildman–Crippen LogP) is 3.73. The lowest BCUT2D eigenvalue weighted by Crippen LogP contribution is -2.32. The van der Waals surface area contributed by atoms with Crippen molar-refractivity contribution in [2.75, 3.05) is 29.5 Å². The fraction of sp³-hybridized carbons (Fsp3) is 0.250. The summed E-state index contributed by atoms with van der Waals surface area (Å²) in [7, 11) is -3.48. The van der Waals surface area contributed by atoms with Gasteiger partial charge in [-0.15, -0.1) is 0 Å². The fourth-order valence-electron chi connectivity index (χ4n) is 2.41. The molecule has 3 nitrogen and oxygen atoms in total. The number of thioether (sulfide) groups is 1. The summed E-state index contributed by atoms with van der Waals surface area (Å²) in [6.45, 7) is 2.02. The van der Waals surface area contributed by atoms with E-state index < -0.39 is 9.84 Å². The number of sulfone groups is 1. The molecule has 1 aliphatic rings. The Labute approximate surface area is 140 Å². The molecular formula is C16H16ClNO2S2. The van der Waals surface area contributed by atoms with Gasteiger partial charge in [-0.1, -0.05) is 11.6 Å². The van der Waals surface area contributed by atoms with Crippen LogP contribution in [0.1, 0.15) is 0 Å². The Bertz CT molecular complexity index is 737. The minimum absolute atomic E-state index is 0.263. The van der Waals surface area contributed by atoms with Crippen LogP contribution in [0.2, 0.25) is 5.02 Å². The topological polar surface area (TPSA) is 37.4 Å². The van der Waals surface area contributed by atoms with E-state index in [1.807, 2.05) is 23.9 Å². The molecule has 0 saturated carbocycles. The third kappa shape index (κ3) is 3.26. The van der Waals surface area contributed by atoms with Gasteiger partial charge in [0.1, 0.15) is 0 Å². The Morgan fingerprint density at radius 3 is 1.91 bits per heavy atom. The van der Waals surface area contributed by atoms with Crippen LogP contribution in [0.5, 0.6) is 0 Å². The Morgan fingerprint density at radius 1 is 0.864 bits per heavy atom. The van der Waals surface area contributed by atoms with E-state index in [2.05, 4.69) is 4.90 Å². The van der Waals surface area contributed by atoms with Crippen molar-refractivity contribution in [3.05, 3.63) is 53.6 Å². The molecule has 0 amide bonds. The first kappa shape index (κ1) is 15.7. The number of nitrogens with zero attached hydrogens (tertiary/aromatic N) is 1. The first-order valence-electron chi connectivity index (χ1n) is 7.01. The second kappa shape index (κ2) is 6.52. The lowest BCUT2D eigenvalue weighted by Gasteiger charge is -2.28. The molecule has 22 heavy (non-hydrogen) atoms. The Morgan fingerprint density at radius 2 is 1.36 bits per heavy atom. The van der Waals surface area contributed by atoms with Gasteiger partial charge in [0, 0.05) is 35.3 Å². The fourth-order valence-corrected chi connectivity index (χ4v) is 4.70. The van der Waals surface area contributed by atoms with E-state index in [9.17, 15) is 8.42 Å². The molecule has 2 aromatic rings. The van der Waals surface area contributed by atoms with Crippen molar-refractivity contribution in [3.8, 4) is 0 Å². The Hall–Kier alpha value is -1.17. The number of hydrogen-bond acceptors (Lipinski definition) is 4. The average Bonchev–Trinajstić information content (AvgIpc) is 2.56. The van der Waals surface area contributed by atoms with Crippen molar-refractivity contribution in [1.82, 2.24) is 0 Å². The third-order valence-corrected chi connectivity index (χ3v) is 6.63. The molecule has 0 spiro atoms. The van der Waals surface area contributed by atoms with Crippen molar-refractivity contribution in [3.63, 3.8) is 0 Å². The smallest absolute Gasteiger partial charge is 0.206 e. The maximum absolute atomic E-state index is 12.6. The summed E-state index contributed by atoms with van der Waals surface area (Å²) in [5.74, 6) is 2.23. The molecule has 0 aliphatic carbocycles. The summed E-state index contributed by atoms with van der Waals surface area (Å²) in [5.41, 5.74) is 1.08. The molecular weight excluding hydrogens is 338 g/mol. The Kier molecular flexibility index (Phi) is 4.66. The van der Waals surface area contributed by atoms with Crippen LogP contribution in [0, 0.1) is 0 Å². The third-order valence-electron chi connectivity index (χ3n) is 3.65. The van der Waals surface area contributed by atoms with E-state index in [0.717, 1.165) is 30.3 Å². The van der Waals surface area contributed by atoms with Crippen LogP contribution < -0.4 is 4.90 Å². The molecule has 116 valence electrons. The summed E-state index contributed by atoms with van der Waals surface area (Å²) in [6.07, 6.45) is 0. The number of anilines is 1. The molecule has 1 aliphatic heterocycles. The highest BCUT2D eigenvalue weighted by molar-refractivity contribution is 7.99. The van der Waals surface area contributed by atoms with Crippen molar-refractivity contribution in [2.24, 2.45) is 0 Å². The highest BCUT2D eigenvalue weighted by Crippen LogP contribution is 2.25. The first-order chi connectivity index (χ1) is 10.6. The average molecular weight is 354 g/mol. The van der Waals surface area contributed by atoms with Crippen LogP contribution in [0.3, 0.4) is 0 Å². The quantitative estimate of drug-likeness (QED) is 0.842. The van der Waals surface area contributed by atoms with E-state index in [1.54, 1.807) is 24.3 Å². The van der Waals surface area contributed by atoms with E-state index in [-0.39, 0.29) is 4.90 Å². The predicted molar refractivity (Wildman–Crippen MR) is 92.9 cm³/mol. The number of rotatable bonds is 3. The molecule has 0 atom stereocenters. The van der Waals surface area contributed by atoms with Crippen LogP contribution >= 0.6 is 23.4 Å². The number of halogens is 1. The van der Waals surface area contributed by atoms with Gasteiger partial charge < -0.3 is 4.90 Å². The largest absolute Gasteiger partial charge is 0.370 e. The van der Waals surface area contributed by atoms with Gasteiger partial charge in [-0.05, 0) is 48.5 Å².